The zero-order valence-electron chi connectivity index (χ0n) is 40.2. The molecule has 7 aromatic rings. The summed E-state index contributed by atoms with van der Waals surface area (Å²) in [6.07, 6.45) is 17.9. The van der Waals surface area contributed by atoms with Crippen molar-refractivity contribution in [1.82, 2.24) is 19.9 Å². The van der Waals surface area contributed by atoms with Gasteiger partial charge in [-0.1, -0.05) is 140 Å². The molecule has 5 aromatic carbocycles. The van der Waals surface area contributed by atoms with Gasteiger partial charge in [-0.25, -0.2) is 19.9 Å². The van der Waals surface area contributed by atoms with Gasteiger partial charge in [0.2, 0.25) is 0 Å². The Hall–Kier alpha value is -5.74. The van der Waals surface area contributed by atoms with E-state index < -0.39 is 0 Å². The van der Waals surface area contributed by atoms with Gasteiger partial charge in [0.1, 0.15) is 0 Å². The van der Waals surface area contributed by atoms with Crippen LogP contribution in [-0.4, -0.2) is 19.9 Å². The van der Waals surface area contributed by atoms with Gasteiger partial charge in [0.25, 0.3) is 0 Å². The van der Waals surface area contributed by atoms with Gasteiger partial charge in [-0.2, -0.15) is 0 Å². The molecular weight excluding hydrogens is 849 g/mol. The Kier molecular flexibility index (Phi) is 8.24. The van der Waals surface area contributed by atoms with Crippen LogP contribution in [-0.2, 0) is 10.8 Å². The molecule has 21 rings (SSSR count). The lowest BCUT2D eigenvalue weighted by Gasteiger charge is -2.74. The Bertz CT molecular complexity index is 3040. The van der Waals surface area contributed by atoms with Crippen molar-refractivity contribution in [3.05, 3.63) is 157 Å². The van der Waals surface area contributed by atoms with E-state index in [0.717, 1.165) is 151 Å². The molecule has 14 saturated carbocycles. The molecule has 0 amide bonds. The molecule has 346 valence electrons. The van der Waals surface area contributed by atoms with Gasteiger partial charge < -0.3 is 0 Å². The summed E-state index contributed by atoms with van der Waals surface area (Å²) in [7, 11) is 0. The van der Waals surface area contributed by atoms with E-state index in [1.165, 1.54) is 77.0 Å². The minimum Gasteiger partial charge on any atom is -0.247 e. The van der Waals surface area contributed by atoms with Crippen molar-refractivity contribution in [3.8, 4) is 67.8 Å². The van der Waals surface area contributed by atoms with Crippen LogP contribution < -0.4 is 0 Å². The molecule has 0 aliphatic heterocycles. The average molecular weight is 911 g/mol. The molecular formula is C66H62N4. The lowest BCUT2D eigenvalue weighted by atomic mass is 9.30. The summed E-state index contributed by atoms with van der Waals surface area (Å²) < 4.78 is 0. The number of pyridine rings is 1. The topological polar surface area (TPSA) is 51.6 Å². The quantitative estimate of drug-likeness (QED) is 0.152. The highest BCUT2D eigenvalue weighted by Gasteiger charge is 2.71. The maximum absolute atomic E-state index is 5.40. The first-order valence-electron chi connectivity index (χ1n) is 27.7. The molecule has 14 aliphatic carbocycles. The summed E-state index contributed by atoms with van der Waals surface area (Å²) in [6, 6.07) is 54.0. The SMILES string of the molecule is c1ccc(-c2ccc(-c3ccc(-c4nc(-c5ccc(C67CC8CC9C%10CC(CC96)CC7C%10C8)cc5)nc(-c5ccc(C67CC8CC9C%10CC(CC96)CC7C%10C8)cc5)n4)cc3)c(-c3ccccc3)n2)cc1. The van der Waals surface area contributed by atoms with Gasteiger partial charge in [0, 0.05) is 44.2 Å². The lowest BCUT2D eigenvalue weighted by molar-refractivity contribution is -0.220. The van der Waals surface area contributed by atoms with Crippen LogP contribution >= 0.6 is 0 Å². The van der Waals surface area contributed by atoms with Gasteiger partial charge in [0.15, 0.2) is 17.5 Å². The number of hydrogen-bond donors (Lipinski definition) is 0. The number of rotatable bonds is 8. The molecule has 0 saturated heterocycles. The normalized spacial score (nSPS) is 38.0. The van der Waals surface area contributed by atoms with Crippen LogP contribution in [0.2, 0.25) is 0 Å². The van der Waals surface area contributed by atoms with Gasteiger partial charge in [0.05, 0.1) is 11.4 Å². The molecule has 4 heteroatoms. The Balaban J connectivity index is 0.752. The second-order valence-electron chi connectivity index (χ2n) is 25.1. The first-order valence-corrected chi connectivity index (χ1v) is 27.7. The third-order valence-corrected chi connectivity index (χ3v) is 22.6. The molecule has 2 aromatic heterocycles. The van der Waals surface area contributed by atoms with E-state index in [1.807, 2.05) is 0 Å². The van der Waals surface area contributed by atoms with Crippen LogP contribution in [0.25, 0.3) is 67.8 Å². The maximum Gasteiger partial charge on any atom is 0.164 e. The van der Waals surface area contributed by atoms with E-state index in [-0.39, 0.29) is 0 Å². The lowest BCUT2D eigenvalue weighted by Crippen LogP contribution is -2.69. The molecule has 0 N–H and O–H groups in total. The minimum absolute atomic E-state index is 0.384. The smallest absolute Gasteiger partial charge is 0.164 e. The standard InChI is InChI=1S/C66H62N4/c1-3-7-42(8-4-1)60-24-23-49(61(67-60)43-9-5-2-6-10-43)41-11-13-44(14-12-41)62-68-63(45-15-19-47(20-16-45)65-35-39-27-52-50-25-37(31-56(52)65)32-57(65)53(50)28-39)70-64(69-62)46-17-21-48(22-18-46)66-36-40-29-54-51-26-38(33-58(54)66)34-59(66)55(51)30-40/h1-24,37-40,50-59H,25-36H2. The third-order valence-electron chi connectivity index (χ3n) is 22.6. The van der Waals surface area contributed by atoms with Crippen molar-refractivity contribution < 1.29 is 0 Å². The van der Waals surface area contributed by atoms with E-state index in [4.69, 9.17) is 19.9 Å². The predicted octanol–water partition coefficient (Wildman–Crippen LogP) is 15.2. The average Bonchev–Trinajstić information content (AvgIpc) is 3.44. The molecule has 70 heavy (non-hydrogen) atoms. The second kappa shape index (κ2) is 14.5. The monoisotopic (exact) mass is 910 g/mol. The van der Waals surface area contributed by atoms with E-state index in [0.29, 0.717) is 10.8 Å². The summed E-state index contributed by atoms with van der Waals surface area (Å²) in [5.74, 6) is 15.6. The van der Waals surface area contributed by atoms with Crippen LogP contribution in [0.15, 0.2) is 146 Å². The van der Waals surface area contributed by atoms with Crippen molar-refractivity contribution in [2.75, 3.05) is 0 Å². The largest absolute Gasteiger partial charge is 0.247 e. The van der Waals surface area contributed by atoms with Crippen LogP contribution in [0.4, 0.5) is 0 Å². The molecule has 14 fully saturated rings. The highest BCUT2D eigenvalue weighted by atomic mass is 15.0. The Morgan fingerprint density at radius 2 is 0.686 bits per heavy atom. The fourth-order valence-corrected chi connectivity index (χ4v) is 20.7. The number of nitrogens with zero attached hydrogens (tertiary/aromatic N) is 4. The van der Waals surface area contributed by atoms with Crippen LogP contribution in [0.3, 0.4) is 0 Å². The highest BCUT2D eigenvalue weighted by molar-refractivity contribution is 5.83. The van der Waals surface area contributed by atoms with Gasteiger partial charge in [-0.15, -0.1) is 0 Å². The third kappa shape index (κ3) is 5.44. The highest BCUT2D eigenvalue weighted by Crippen LogP contribution is 2.77. The molecule has 0 radical (unpaired) electrons. The molecule has 14 aliphatic rings. The Morgan fingerprint density at radius 3 is 1.13 bits per heavy atom. The minimum atomic E-state index is 0.384. The zero-order valence-corrected chi connectivity index (χ0v) is 40.2. The van der Waals surface area contributed by atoms with E-state index in [9.17, 15) is 0 Å². The second-order valence-corrected chi connectivity index (χ2v) is 25.1. The summed E-state index contributed by atoms with van der Waals surface area (Å²) in [6.45, 7) is 0. The van der Waals surface area contributed by atoms with Crippen LogP contribution in [0.1, 0.15) is 88.2 Å². The fourth-order valence-electron chi connectivity index (χ4n) is 20.7. The molecule has 0 spiro atoms. The molecule has 4 nitrogen and oxygen atoms in total. The van der Waals surface area contributed by atoms with Crippen molar-refractivity contribution in [2.24, 2.45) is 82.9 Å². The van der Waals surface area contributed by atoms with Crippen molar-refractivity contribution in [1.29, 1.82) is 0 Å². The predicted molar refractivity (Wildman–Crippen MR) is 278 cm³/mol. The van der Waals surface area contributed by atoms with Gasteiger partial charge in [-0.3, -0.25) is 0 Å². The Labute approximate surface area is 413 Å². The summed E-state index contributed by atoms with van der Waals surface area (Å²) in [5, 5.41) is 0. The summed E-state index contributed by atoms with van der Waals surface area (Å²) >= 11 is 0. The first-order chi connectivity index (χ1) is 34.5. The van der Waals surface area contributed by atoms with Crippen molar-refractivity contribution in [3.63, 3.8) is 0 Å². The maximum atomic E-state index is 5.40. The van der Waals surface area contributed by atoms with E-state index in [2.05, 4.69) is 146 Å². The molecule has 2 heterocycles. The van der Waals surface area contributed by atoms with Crippen molar-refractivity contribution >= 4 is 0 Å². The van der Waals surface area contributed by atoms with Crippen LogP contribution in [0.5, 0.6) is 0 Å². The van der Waals surface area contributed by atoms with Gasteiger partial charge in [-0.05, 0) is 183 Å². The zero-order chi connectivity index (χ0) is 45.5. The first kappa shape index (κ1) is 39.9. The molecule has 8 atom stereocenters. The number of hydrogen-bond acceptors (Lipinski definition) is 4. The van der Waals surface area contributed by atoms with E-state index in [1.54, 1.807) is 11.1 Å². The number of aromatic nitrogens is 4. The summed E-state index contributed by atoms with van der Waals surface area (Å²) in [4.78, 5) is 21.4. The molecule has 16 bridgehead atoms. The number of benzene rings is 5. The van der Waals surface area contributed by atoms with Crippen LogP contribution in [0, 0.1) is 82.9 Å². The van der Waals surface area contributed by atoms with E-state index >= 15 is 0 Å². The Morgan fingerprint density at radius 1 is 0.300 bits per heavy atom. The fraction of sp³-hybridized carbons (Fsp3) is 0.424. The summed E-state index contributed by atoms with van der Waals surface area (Å²) in [5.41, 5.74) is 13.6. The van der Waals surface area contributed by atoms with Gasteiger partial charge >= 0.3 is 0 Å². The molecule has 8 unspecified atom stereocenters. The van der Waals surface area contributed by atoms with Crippen molar-refractivity contribution in [2.45, 2.75) is 87.9 Å².